The summed E-state index contributed by atoms with van der Waals surface area (Å²) in [4.78, 5) is 36.4. The molecule has 3 rings (SSSR count). The number of nitrogens with two attached hydrogens (primary N) is 1. The summed E-state index contributed by atoms with van der Waals surface area (Å²) in [7, 11) is 0. The van der Waals surface area contributed by atoms with E-state index in [0.29, 0.717) is 4.90 Å². The maximum absolute atomic E-state index is 13.9. The van der Waals surface area contributed by atoms with Gasteiger partial charge in [-0.15, -0.1) is 0 Å². The summed E-state index contributed by atoms with van der Waals surface area (Å²) < 4.78 is 45.5. The van der Waals surface area contributed by atoms with E-state index in [4.69, 9.17) is 11.2 Å². The minimum absolute atomic E-state index is 0.0894. The van der Waals surface area contributed by atoms with E-state index in [1.165, 1.54) is 0 Å². The maximum atomic E-state index is 13.9. The lowest BCUT2D eigenvalue weighted by Gasteiger charge is -2.29. The number of rotatable bonds is 1. The molecule has 1 aromatic carbocycles. The fraction of sp³-hybridized carbons (Fsp3) is 0.308. The highest BCUT2D eigenvalue weighted by atomic mass is 19.1. The number of amides is 3. The first-order valence-electron chi connectivity index (χ1n) is 7.85. The van der Waals surface area contributed by atoms with Crippen molar-refractivity contribution in [1.29, 1.82) is 0 Å². The number of piperidine rings is 1. The monoisotopic (exact) mass is 281 g/mol. The van der Waals surface area contributed by atoms with E-state index >= 15 is 0 Å². The van der Waals surface area contributed by atoms with Gasteiger partial charge < -0.3 is 10.6 Å². The maximum Gasteiger partial charge on any atom is 0.255 e. The lowest BCUT2D eigenvalue weighted by molar-refractivity contribution is -0.136. The van der Waals surface area contributed by atoms with E-state index in [2.05, 4.69) is 0 Å². The smallest absolute Gasteiger partial charge is 0.255 e. The van der Waals surface area contributed by atoms with Crippen molar-refractivity contribution in [3.63, 3.8) is 0 Å². The van der Waals surface area contributed by atoms with Crippen LogP contribution in [-0.2, 0) is 16.1 Å². The molecule has 0 unspecified atom stereocenters. The van der Waals surface area contributed by atoms with Crippen molar-refractivity contribution >= 4 is 23.4 Å². The molecule has 1 atom stereocenters. The molecule has 1 fully saturated rings. The second kappa shape index (κ2) is 4.29. The third-order valence-electron chi connectivity index (χ3n) is 3.19. The minimum atomic E-state index is -2.61. The summed E-state index contributed by atoms with van der Waals surface area (Å²) in [5.74, 6) is -3.80. The predicted octanol–water partition coefficient (Wildman–Crippen LogP) is 0.169. The van der Waals surface area contributed by atoms with Crippen molar-refractivity contribution in [3.05, 3.63) is 29.0 Å². The van der Waals surface area contributed by atoms with Gasteiger partial charge in [-0.25, -0.2) is 4.39 Å². The predicted molar refractivity (Wildman–Crippen MR) is 66.9 cm³/mol. The van der Waals surface area contributed by atoms with Crippen LogP contribution in [0.15, 0.2) is 12.1 Å². The summed E-state index contributed by atoms with van der Waals surface area (Å²) >= 11 is 0. The number of anilines is 1. The van der Waals surface area contributed by atoms with Gasteiger partial charge in [0.25, 0.3) is 5.91 Å². The Morgan fingerprint density at radius 2 is 2.20 bits per heavy atom. The lowest BCUT2D eigenvalue weighted by atomic mass is 10.0. The molecule has 1 aromatic rings. The van der Waals surface area contributed by atoms with Crippen molar-refractivity contribution in [3.8, 4) is 0 Å². The number of nitrogens with zero attached hydrogens (tertiary/aromatic N) is 1. The molecule has 2 aliphatic rings. The molecule has 0 saturated carbocycles. The van der Waals surface area contributed by atoms with Crippen LogP contribution in [0.4, 0.5) is 10.1 Å². The van der Waals surface area contributed by atoms with Crippen LogP contribution in [-0.4, -0.2) is 28.7 Å². The molecule has 7 heteroatoms. The summed E-state index contributed by atoms with van der Waals surface area (Å²) in [6.07, 6.45) is -0.193. The number of nitrogen functional groups attached to an aromatic ring is 1. The first-order chi connectivity index (χ1) is 11.1. The standard InChI is InChI=1S/C13H12FN3O3/c14-6-3-7-8(9(15)4-6)5-17(13(7)20)10-1-2-11(18)16-12(10)19/h3-4,10H,1-2,5,15H2,(H,16,18,19)/t10-/m1/s1/i3D,4D,5D2. The van der Waals surface area contributed by atoms with E-state index in [0.717, 1.165) is 0 Å². The summed E-state index contributed by atoms with van der Waals surface area (Å²) in [6.45, 7) is -2.61. The van der Waals surface area contributed by atoms with Gasteiger partial charge in [-0.1, -0.05) is 0 Å². The quantitative estimate of drug-likeness (QED) is 0.567. The molecular formula is C13H12FN3O3. The van der Waals surface area contributed by atoms with Crippen LogP contribution in [0.5, 0.6) is 0 Å². The Labute approximate surface area is 119 Å². The molecule has 3 amide bonds. The second-order valence-electron chi connectivity index (χ2n) is 4.48. The zero-order chi connectivity index (χ0) is 18.0. The molecule has 0 radical (unpaired) electrons. The Balaban J connectivity index is 2.18. The molecule has 0 aromatic heterocycles. The molecule has 0 aliphatic carbocycles. The molecule has 2 aliphatic heterocycles. The number of hydrogen-bond donors (Lipinski definition) is 2. The molecule has 2 heterocycles. The van der Waals surface area contributed by atoms with Crippen molar-refractivity contribution in [1.82, 2.24) is 10.2 Å². The highest BCUT2D eigenvalue weighted by Gasteiger charge is 2.39. The molecule has 0 bridgehead atoms. The van der Waals surface area contributed by atoms with Crippen molar-refractivity contribution in [2.45, 2.75) is 25.4 Å². The Kier molecular flexibility index (Phi) is 1.86. The van der Waals surface area contributed by atoms with Gasteiger partial charge in [0.05, 0.1) is 5.48 Å². The van der Waals surface area contributed by atoms with Gasteiger partial charge in [-0.05, 0) is 18.5 Å². The van der Waals surface area contributed by atoms with Crippen LogP contribution in [0, 0.1) is 5.82 Å². The average molecular weight is 281 g/mol. The molecule has 20 heavy (non-hydrogen) atoms. The SMILES string of the molecule is [2H]c1c(N)c2c(c([2H])c1F)C(=O)N([C@@H]1CCC(=O)NC1=O)C2([2H])[2H]. The van der Waals surface area contributed by atoms with Crippen LogP contribution >= 0.6 is 0 Å². The molecule has 3 N–H and O–H groups in total. The summed E-state index contributed by atoms with van der Waals surface area (Å²) in [6, 6.07) is -3.11. The zero-order valence-corrected chi connectivity index (χ0v) is 10.1. The summed E-state index contributed by atoms with van der Waals surface area (Å²) in [5.41, 5.74) is 3.92. The Morgan fingerprint density at radius 3 is 2.90 bits per heavy atom. The number of imide groups is 1. The fourth-order valence-corrected chi connectivity index (χ4v) is 2.24. The molecular weight excluding hydrogens is 265 g/mol. The van der Waals surface area contributed by atoms with Crippen molar-refractivity contribution in [2.75, 3.05) is 5.73 Å². The normalized spacial score (nSPS) is 27.4. The van der Waals surface area contributed by atoms with Gasteiger partial charge >= 0.3 is 0 Å². The second-order valence-corrected chi connectivity index (χ2v) is 4.48. The number of hydrogen-bond acceptors (Lipinski definition) is 4. The average Bonchev–Trinajstić information content (AvgIpc) is 2.70. The highest BCUT2D eigenvalue weighted by molar-refractivity contribution is 6.06. The molecule has 1 saturated heterocycles. The number of carbonyl (C=O) groups is 3. The van der Waals surface area contributed by atoms with Crippen LogP contribution < -0.4 is 11.1 Å². The third kappa shape index (κ3) is 1.82. The van der Waals surface area contributed by atoms with Crippen LogP contribution in [0.3, 0.4) is 0 Å². The number of carbonyl (C=O) groups excluding carboxylic acids is 3. The minimum Gasteiger partial charge on any atom is -0.398 e. The van der Waals surface area contributed by atoms with Crippen LogP contribution in [0.25, 0.3) is 0 Å². The number of nitrogens with one attached hydrogen (secondary N) is 1. The Bertz CT molecular complexity index is 814. The largest absolute Gasteiger partial charge is 0.398 e. The highest BCUT2D eigenvalue weighted by Crippen LogP contribution is 2.31. The zero-order valence-electron chi connectivity index (χ0n) is 14.1. The number of benzene rings is 1. The van der Waals surface area contributed by atoms with Crippen molar-refractivity contribution < 1.29 is 24.3 Å². The van der Waals surface area contributed by atoms with E-state index in [9.17, 15) is 18.8 Å². The molecule has 0 spiro atoms. The van der Waals surface area contributed by atoms with E-state index < -0.39 is 65.0 Å². The third-order valence-corrected chi connectivity index (χ3v) is 3.19. The summed E-state index contributed by atoms with van der Waals surface area (Å²) in [5, 5.41) is 2.02. The van der Waals surface area contributed by atoms with E-state index in [1.54, 1.807) is 0 Å². The number of halogens is 1. The van der Waals surface area contributed by atoms with E-state index in [-0.39, 0.29) is 12.8 Å². The van der Waals surface area contributed by atoms with Gasteiger partial charge in [0.1, 0.15) is 11.9 Å². The van der Waals surface area contributed by atoms with Gasteiger partial charge in [0.15, 0.2) is 0 Å². The van der Waals surface area contributed by atoms with E-state index in [1.807, 2.05) is 5.32 Å². The van der Waals surface area contributed by atoms with Gasteiger partial charge in [-0.3, -0.25) is 19.7 Å². The van der Waals surface area contributed by atoms with Gasteiger partial charge in [-0.2, -0.15) is 0 Å². The van der Waals surface area contributed by atoms with Crippen LogP contribution in [0.1, 0.15) is 34.2 Å². The van der Waals surface area contributed by atoms with Gasteiger partial charge in [0.2, 0.25) is 11.8 Å². The Morgan fingerprint density at radius 1 is 1.45 bits per heavy atom. The Hall–Kier alpha value is -2.44. The first-order valence-corrected chi connectivity index (χ1v) is 5.85. The molecule has 104 valence electrons. The van der Waals surface area contributed by atoms with Crippen LogP contribution in [0.2, 0.25) is 0 Å². The van der Waals surface area contributed by atoms with Gasteiger partial charge in [0, 0.05) is 29.7 Å². The first kappa shape index (κ1) is 8.68. The van der Waals surface area contributed by atoms with Crippen molar-refractivity contribution in [2.24, 2.45) is 0 Å². The topological polar surface area (TPSA) is 92.5 Å². The lowest BCUT2D eigenvalue weighted by Crippen LogP contribution is -2.52. The molecule has 6 nitrogen and oxygen atoms in total. The fourth-order valence-electron chi connectivity index (χ4n) is 2.24. The number of fused-ring (bicyclic) bond motifs is 1.